The second-order valence-electron chi connectivity index (χ2n) is 4.98. The van der Waals surface area contributed by atoms with Crippen molar-refractivity contribution in [3.63, 3.8) is 0 Å². The minimum atomic E-state index is -1.05. The highest BCUT2D eigenvalue weighted by molar-refractivity contribution is 9.45. The van der Waals surface area contributed by atoms with Crippen molar-refractivity contribution in [3.05, 3.63) is 0 Å². The second kappa shape index (κ2) is 3.63. The monoisotopic (exact) mass is 267 g/mol. The lowest BCUT2D eigenvalue weighted by atomic mass is 9.83. The highest BCUT2D eigenvalue weighted by atomic mass is 79.9. The van der Waals surface area contributed by atoms with Gasteiger partial charge in [-0.1, -0.05) is 0 Å². The quantitative estimate of drug-likeness (QED) is 0.669. The van der Waals surface area contributed by atoms with E-state index in [0.29, 0.717) is 0 Å². The van der Waals surface area contributed by atoms with E-state index < -0.39 is 9.42 Å². The molecule has 0 amide bonds. The summed E-state index contributed by atoms with van der Waals surface area (Å²) in [5, 5.41) is 0. The van der Waals surface area contributed by atoms with Crippen molar-refractivity contribution in [1.82, 2.24) is 4.31 Å². The van der Waals surface area contributed by atoms with Crippen LogP contribution >= 0.6 is 14.8 Å². The number of rotatable bonds is 1. The van der Waals surface area contributed by atoms with Gasteiger partial charge in [-0.2, -0.15) is 0 Å². The molecule has 1 fully saturated rings. The Hall–Kier alpha value is 0.590. The standard InChI is InChI=1S/C9H18BrNOS/c1-8(2)6-5-7-9(3,4)11(8)13(10)12/h5-7H2,1-4H3. The number of hydrogen-bond acceptors (Lipinski definition) is 1. The van der Waals surface area contributed by atoms with E-state index in [2.05, 4.69) is 46.8 Å². The molecule has 0 aromatic carbocycles. The van der Waals surface area contributed by atoms with Crippen LogP contribution in [0.25, 0.3) is 0 Å². The first-order valence-electron chi connectivity index (χ1n) is 4.66. The van der Waals surface area contributed by atoms with E-state index in [-0.39, 0.29) is 11.1 Å². The summed E-state index contributed by atoms with van der Waals surface area (Å²) >= 11 is 3.19. The van der Waals surface area contributed by atoms with Gasteiger partial charge in [-0.15, -0.1) is 0 Å². The Morgan fingerprint density at radius 2 is 1.54 bits per heavy atom. The smallest absolute Gasteiger partial charge is 0.166 e. The average molecular weight is 268 g/mol. The van der Waals surface area contributed by atoms with Gasteiger partial charge in [0.05, 0.1) is 0 Å². The maximum absolute atomic E-state index is 11.6. The van der Waals surface area contributed by atoms with Crippen molar-refractivity contribution in [2.24, 2.45) is 0 Å². The SMILES string of the molecule is CC1(C)CCCC(C)(C)N1S(=O)Br. The van der Waals surface area contributed by atoms with Crippen molar-refractivity contribution in [3.8, 4) is 0 Å². The summed E-state index contributed by atoms with van der Waals surface area (Å²) in [5.74, 6) is 0. The van der Waals surface area contributed by atoms with E-state index in [9.17, 15) is 4.21 Å². The normalized spacial score (nSPS) is 29.9. The van der Waals surface area contributed by atoms with Crippen LogP contribution < -0.4 is 0 Å². The Labute approximate surface area is 90.9 Å². The summed E-state index contributed by atoms with van der Waals surface area (Å²) in [5.41, 5.74) is 0.0756. The summed E-state index contributed by atoms with van der Waals surface area (Å²) in [6, 6.07) is 0. The third-order valence-corrected chi connectivity index (χ3v) is 4.96. The molecule has 1 unspecified atom stereocenters. The summed E-state index contributed by atoms with van der Waals surface area (Å²) in [6.07, 6.45) is 3.46. The zero-order valence-corrected chi connectivity index (χ0v) is 11.2. The minimum Gasteiger partial charge on any atom is -0.230 e. The molecule has 78 valence electrons. The van der Waals surface area contributed by atoms with E-state index in [1.165, 1.54) is 6.42 Å². The molecule has 4 heteroatoms. The fourth-order valence-electron chi connectivity index (χ4n) is 2.36. The van der Waals surface area contributed by atoms with Crippen LogP contribution in [-0.2, 0) is 9.42 Å². The average Bonchev–Trinajstić information content (AvgIpc) is 1.79. The van der Waals surface area contributed by atoms with E-state index in [1.807, 2.05) is 0 Å². The molecule has 1 rings (SSSR count). The molecular weight excluding hydrogens is 250 g/mol. The molecule has 0 N–H and O–H groups in total. The van der Waals surface area contributed by atoms with Gasteiger partial charge in [0.2, 0.25) is 0 Å². The Morgan fingerprint density at radius 1 is 1.15 bits per heavy atom. The molecule has 0 aliphatic carbocycles. The number of piperidine rings is 1. The first kappa shape index (κ1) is 11.7. The molecule has 0 saturated carbocycles. The lowest BCUT2D eigenvalue weighted by Crippen LogP contribution is -2.57. The molecular formula is C9H18BrNOS. The largest absolute Gasteiger partial charge is 0.230 e. The van der Waals surface area contributed by atoms with Gasteiger partial charge in [0.1, 0.15) is 0 Å². The fraction of sp³-hybridized carbons (Fsp3) is 1.00. The van der Waals surface area contributed by atoms with Gasteiger partial charge in [0.25, 0.3) is 0 Å². The number of hydrogen-bond donors (Lipinski definition) is 0. The molecule has 1 atom stereocenters. The molecule has 1 saturated heterocycles. The molecule has 13 heavy (non-hydrogen) atoms. The van der Waals surface area contributed by atoms with Gasteiger partial charge in [0, 0.05) is 25.9 Å². The Kier molecular flexibility index (Phi) is 3.26. The second-order valence-corrected chi connectivity index (χ2v) is 7.42. The lowest BCUT2D eigenvalue weighted by Gasteiger charge is -2.50. The van der Waals surface area contributed by atoms with Gasteiger partial charge in [-0.05, 0) is 47.0 Å². The van der Waals surface area contributed by atoms with Crippen LogP contribution in [0, 0.1) is 0 Å². The highest BCUT2D eigenvalue weighted by Gasteiger charge is 2.44. The molecule has 0 radical (unpaired) electrons. The van der Waals surface area contributed by atoms with Crippen LogP contribution in [0.15, 0.2) is 0 Å². The van der Waals surface area contributed by atoms with Crippen LogP contribution in [-0.4, -0.2) is 19.6 Å². The van der Waals surface area contributed by atoms with Gasteiger partial charge in [-0.25, -0.2) is 8.51 Å². The summed E-state index contributed by atoms with van der Waals surface area (Å²) in [6.45, 7) is 8.64. The third kappa shape index (κ3) is 2.34. The Bertz CT molecular complexity index is 212. The molecule has 2 nitrogen and oxygen atoms in total. The summed E-state index contributed by atoms with van der Waals surface area (Å²) in [7, 11) is -1.05. The third-order valence-electron chi connectivity index (χ3n) is 2.82. The van der Waals surface area contributed by atoms with Crippen molar-refractivity contribution >= 4 is 24.2 Å². The van der Waals surface area contributed by atoms with E-state index in [0.717, 1.165) is 12.8 Å². The summed E-state index contributed by atoms with van der Waals surface area (Å²) < 4.78 is 13.7. The summed E-state index contributed by atoms with van der Waals surface area (Å²) in [4.78, 5) is 0. The molecule has 0 aromatic rings. The van der Waals surface area contributed by atoms with Crippen LogP contribution in [0.3, 0.4) is 0 Å². The minimum absolute atomic E-state index is 0.0378. The molecule has 0 aromatic heterocycles. The first-order valence-corrected chi connectivity index (χ1v) is 7.61. The highest BCUT2D eigenvalue weighted by Crippen LogP contribution is 2.40. The molecule has 1 aliphatic heterocycles. The maximum atomic E-state index is 11.6. The maximum Gasteiger partial charge on any atom is 0.166 e. The topological polar surface area (TPSA) is 20.3 Å². The molecule has 0 spiro atoms. The number of halogens is 1. The van der Waals surface area contributed by atoms with Crippen LogP contribution in [0.2, 0.25) is 0 Å². The van der Waals surface area contributed by atoms with Crippen molar-refractivity contribution in [2.45, 2.75) is 58.0 Å². The van der Waals surface area contributed by atoms with Crippen LogP contribution in [0.1, 0.15) is 47.0 Å². The van der Waals surface area contributed by atoms with Crippen molar-refractivity contribution in [1.29, 1.82) is 0 Å². The Balaban J connectivity index is 2.98. The van der Waals surface area contributed by atoms with Crippen LogP contribution in [0.5, 0.6) is 0 Å². The predicted octanol–water partition coefficient (Wildman–Crippen LogP) is 3.00. The lowest BCUT2D eigenvalue weighted by molar-refractivity contribution is 0.0641. The van der Waals surface area contributed by atoms with Crippen molar-refractivity contribution in [2.75, 3.05) is 0 Å². The van der Waals surface area contributed by atoms with Crippen LogP contribution in [0.4, 0.5) is 0 Å². The van der Waals surface area contributed by atoms with E-state index in [4.69, 9.17) is 0 Å². The van der Waals surface area contributed by atoms with Crippen molar-refractivity contribution < 1.29 is 4.21 Å². The first-order chi connectivity index (χ1) is 5.77. The predicted molar refractivity (Wildman–Crippen MR) is 60.9 cm³/mol. The number of nitrogens with zero attached hydrogens (tertiary/aromatic N) is 1. The molecule has 1 heterocycles. The van der Waals surface area contributed by atoms with Gasteiger partial charge < -0.3 is 0 Å². The Morgan fingerprint density at radius 3 is 1.77 bits per heavy atom. The zero-order valence-electron chi connectivity index (χ0n) is 8.76. The van der Waals surface area contributed by atoms with Gasteiger partial charge >= 0.3 is 0 Å². The van der Waals surface area contributed by atoms with Gasteiger partial charge in [0.15, 0.2) is 9.42 Å². The van der Waals surface area contributed by atoms with E-state index in [1.54, 1.807) is 0 Å². The fourth-order valence-corrected chi connectivity index (χ4v) is 5.68. The zero-order chi connectivity index (χ0) is 10.3. The molecule has 0 bridgehead atoms. The van der Waals surface area contributed by atoms with E-state index >= 15 is 0 Å². The molecule has 1 aliphatic rings. The van der Waals surface area contributed by atoms with Gasteiger partial charge in [-0.3, -0.25) is 0 Å².